The van der Waals surface area contributed by atoms with Gasteiger partial charge in [-0.2, -0.15) is 4.98 Å². The number of anilines is 1. The Balaban J connectivity index is 1.98. The highest BCUT2D eigenvalue weighted by Gasteiger charge is 2.33. The highest BCUT2D eigenvalue weighted by molar-refractivity contribution is 8.13. The van der Waals surface area contributed by atoms with Crippen LogP contribution in [0.1, 0.15) is 19.0 Å². The fraction of sp³-hybridized carbons (Fsp3) is 0.545. The molecule has 0 spiro atoms. The number of oxazole rings is 1. The van der Waals surface area contributed by atoms with Gasteiger partial charge in [-0.25, -0.2) is 0 Å². The maximum Gasteiger partial charge on any atom is 0.304 e. The molecule has 1 amide bonds. The van der Waals surface area contributed by atoms with E-state index in [0.717, 1.165) is 5.69 Å². The summed E-state index contributed by atoms with van der Waals surface area (Å²) in [6, 6.07) is 0.364. The molecule has 0 aromatic carbocycles. The Labute approximate surface area is 104 Å². The number of carbonyl (C=O) groups is 2. The average Bonchev–Trinajstić information content (AvgIpc) is 2.82. The van der Waals surface area contributed by atoms with Crippen LogP contribution >= 0.6 is 11.8 Å². The number of amides is 1. The SMILES string of the molecule is CC(=O)SCC1CC(=O)N(c2nc(C)co2)C1. The third-order valence-electron chi connectivity index (χ3n) is 2.57. The van der Waals surface area contributed by atoms with E-state index in [1.807, 2.05) is 6.92 Å². The average molecular weight is 254 g/mol. The molecule has 6 heteroatoms. The van der Waals surface area contributed by atoms with Crippen LogP contribution in [0.4, 0.5) is 6.01 Å². The van der Waals surface area contributed by atoms with Gasteiger partial charge < -0.3 is 4.42 Å². The summed E-state index contributed by atoms with van der Waals surface area (Å²) in [5, 5.41) is 0.0860. The van der Waals surface area contributed by atoms with Gasteiger partial charge in [0, 0.05) is 25.6 Å². The molecule has 1 aromatic heterocycles. The second-order valence-electron chi connectivity index (χ2n) is 4.15. The van der Waals surface area contributed by atoms with Crippen molar-refractivity contribution in [3.05, 3.63) is 12.0 Å². The monoisotopic (exact) mass is 254 g/mol. The van der Waals surface area contributed by atoms with Crippen LogP contribution in [0.5, 0.6) is 0 Å². The molecule has 17 heavy (non-hydrogen) atoms. The molecule has 0 radical (unpaired) electrons. The lowest BCUT2D eigenvalue weighted by Gasteiger charge is -2.10. The van der Waals surface area contributed by atoms with Crippen LogP contribution in [0.25, 0.3) is 0 Å². The standard InChI is InChI=1S/C11H14N2O3S/c1-7-5-16-11(12-7)13-4-9(3-10(13)15)6-17-8(2)14/h5,9H,3-4,6H2,1-2H3. The van der Waals surface area contributed by atoms with Crippen LogP contribution < -0.4 is 4.90 Å². The van der Waals surface area contributed by atoms with Crippen LogP contribution in [0, 0.1) is 12.8 Å². The minimum Gasteiger partial charge on any atom is -0.431 e. The summed E-state index contributed by atoms with van der Waals surface area (Å²) < 4.78 is 5.21. The molecule has 1 aliphatic rings. The topological polar surface area (TPSA) is 63.4 Å². The number of nitrogens with zero attached hydrogens (tertiary/aromatic N) is 2. The Hall–Kier alpha value is -1.30. The lowest BCUT2D eigenvalue weighted by atomic mass is 10.1. The maximum absolute atomic E-state index is 11.8. The van der Waals surface area contributed by atoms with Gasteiger partial charge in [-0.3, -0.25) is 14.5 Å². The van der Waals surface area contributed by atoms with Gasteiger partial charge in [0.2, 0.25) is 5.91 Å². The van der Waals surface area contributed by atoms with Crippen molar-refractivity contribution >= 4 is 28.8 Å². The van der Waals surface area contributed by atoms with E-state index in [2.05, 4.69) is 4.98 Å². The van der Waals surface area contributed by atoms with E-state index in [-0.39, 0.29) is 16.9 Å². The minimum atomic E-state index is 0.0148. The van der Waals surface area contributed by atoms with E-state index < -0.39 is 0 Å². The number of aromatic nitrogens is 1. The van der Waals surface area contributed by atoms with E-state index in [1.54, 1.807) is 4.90 Å². The Bertz CT molecular complexity index is 444. The van der Waals surface area contributed by atoms with Crippen LogP contribution in [-0.4, -0.2) is 28.3 Å². The summed E-state index contributed by atoms with van der Waals surface area (Å²) in [6.45, 7) is 3.94. The van der Waals surface area contributed by atoms with Gasteiger partial charge in [0.1, 0.15) is 6.26 Å². The Morgan fingerprint density at radius 3 is 3.06 bits per heavy atom. The van der Waals surface area contributed by atoms with Gasteiger partial charge in [-0.1, -0.05) is 11.8 Å². The molecule has 0 N–H and O–H groups in total. The van der Waals surface area contributed by atoms with E-state index in [0.29, 0.717) is 24.7 Å². The number of aryl methyl sites for hydroxylation is 1. The van der Waals surface area contributed by atoms with Crippen molar-refractivity contribution in [2.75, 3.05) is 17.2 Å². The first kappa shape index (κ1) is 12.2. The van der Waals surface area contributed by atoms with Gasteiger partial charge >= 0.3 is 6.01 Å². The second-order valence-corrected chi connectivity index (χ2v) is 5.35. The molecule has 2 rings (SSSR count). The molecule has 2 heterocycles. The number of hydrogen-bond acceptors (Lipinski definition) is 5. The van der Waals surface area contributed by atoms with Gasteiger partial charge in [0.15, 0.2) is 5.12 Å². The highest BCUT2D eigenvalue weighted by Crippen LogP contribution is 2.26. The second kappa shape index (κ2) is 4.91. The Morgan fingerprint density at radius 2 is 2.47 bits per heavy atom. The molecule has 1 aromatic rings. The van der Waals surface area contributed by atoms with Crippen LogP contribution in [-0.2, 0) is 9.59 Å². The first-order valence-corrected chi connectivity index (χ1v) is 6.40. The van der Waals surface area contributed by atoms with Gasteiger partial charge in [-0.15, -0.1) is 0 Å². The number of rotatable bonds is 3. The third kappa shape index (κ3) is 2.88. The molecule has 0 aliphatic carbocycles. The molecule has 92 valence electrons. The van der Waals surface area contributed by atoms with Gasteiger partial charge in [-0.05, 0) is 12.8 Å². The smallest absolute Gasteiger partial charge is 0.304 e. The van der Waals surface area contributed by atoms with Crippen molar-refractivity contribution in [1.82, 2.24) is 4.98 Å². The molecule has 1 unspecified atom stereocenters. The Kier molecular flexibility index (Phi) is 3.51. The number of thioether (sulfide) groups is 1. The van der Waals surface area contributed by atoms with Crippen molar-refractivity contribution in [2.24, 2.45) is 5.92 Å². The van der Waals surface area contributed by atoms with Crippen molar-refractivity contribution in [1.29, 1.82) is 0 Å². The summed E-state index contributed by atoms with van der Waals surface area (Å²) >= 11 is 1.26. The molecule has 1 saturated heterocycles. The van der Waals surface area contributed by atoms with Crippen LogP contribution in [0.3, 0.4) is 0 Å². The summed E-state index contributed by atoms with van der Waals surface area (Å²) in [7, 11) is 0. The van der Waals surface area contributed by atoms with Crippen molar-refractivity contribution < 1.29 is 14.0 Å². The predicted octanol–water partition coefficient (Wildman–Crippen LogP) is 1.62. The fourth-order valence-corrected chi connectivity index (χ4v) is 2.47. The van der Waals surface area contributed by atoms with Crippen molar-refractivity contribution in [2.45, 2.75) is 20.3 Å². The molecular weight excluding hydrogens is 240 g/mol. The van der Waals surface area contributed by atoms with Gasteiger partial charge in [0.05, 0.1) is 5.69 Å². The zero-order valence-electron chi connectivity index (χ0n) is 9.80. The molecule has 0 saturated carbocycles. The normalized spacial score (nSPS) is 20.0. The minimum absolute atomic E-state index is 0.0148. The molecule has 0 bridgehead atoms. The zero-order chi connectivity index (χ0) is 12.4. The lowest BCUT2D eigenvalue weighted by Crippen LogP contribution is -2.25. The molecule has 5 nitrogen and oxygen atoms in total. The van der Waals surface area contributed by atoms with Crippen LogP contribution in [0.15, 0.2) is 10.7 Å². The van der Waals surface area contributed by atoms with Crippen LogP contribution in [0.2, 0.25) is 0 Å². The summed E-state index contributed by atoms with van der Waals surface area (Å²) in [4.78, 5) is 28.3. The van der Waals surface area contributed by atoms with Gasteiger partial charge in [0.25, 0.3) is 0 Å². The first-order chi connectivity index (χ1) is 8.06. The molecule has 1 atom stereocenters. The third-order valence-corrected chi connectivity index (χ3v) is 3.61. The summed E-state index contributed by atoms with van der Waals surface area (Å²) in [5.74, 6) is 0.890. The summed E-state index contributed by atoms with van der Waals surface area (Å²) in [5.41, 5.74) is 0.759. The van der Waals surface area contributed by atoms with E-state index in [1.165, 1.54) is 24.9 Å². The summed E-state index contributed by atoms with van der Waals surface area (Å²) in [6.07, 6.45) is 1.99. The van der Waals surface area contributed by atoms with E-state index in [4.69, 9.17) is 4.42 Å². The molecule has 1 aliphatic heterocycles. The zero-order valence-corrected chi connectivity index (χ0v) is 10.6. The molecule has 1 fully saturated rings. The molecular formula is C11H14N2O3S. The van der Waals surface area contributed by atoms with Crippen molar-refractivity contribution in [3.63, 3.8) is 0 Å². The maximum atomic E-state index is 11.8. The quantitative estimate of drug-likeness (QED) is 0.820. The first-order valence-electron chi connectivity index (χ1n) is 5.42. The lowest BCUT2D eigenvalue weighted by molar-refractivity contribution is -0.117. The van der Waals surface area contributed by atoms with E-state index >= 15 is 0 Å². The highest BCUT2D eigenvalue weighted by atomic mass is 32.2. The number of carbonyl (C=O) groups excluding carboxylic acids is 2. The largest absolute Gasteiger partial charge is 0.431 e. The van der Waals surface area contributed by atoms with E-state index in [9.17, 15) is 9.59 Å². The fourth-order valence-electron chi connectivity index (χ4n) is 1.78. The Morgan fingerprint density at radius 1 is 1.71 bits per heavy atom. The number of hydrogen-bond donors (Lipinski definition) is 0. The predicted molar refractivity (Wildman–Crippen MR) is 64.8 cm³/mol. The van der Waals surface area contributed by atoms with Crippen molar-refractivity contribution in [3.8, 4) is 0 Å².